The average molecular weight is 361 g/mol. The zero-order chi connectivity index (χ0) is 18.9. The van der Waals surface area contributed by atoms with Gasteiger partial charge in [0.1, 0.15) is 12.1 Å². The molecular formula is C17H19N3O4S. The molecule has 1 heterocycles. The van der Waals surface area contributed by atoms with E-state index in [0.29, 0.717) is 17.7 Å². The third kappa shape index (κ3) is 5.65. The van der Waals surface area contributed by atoms with E-state index in [9.17, 15) is 8.42 Å². The molecule has 0 saturated carbocycles. The van der Waals surface area contributed by atoms with Crippen molar-refractivity contribution < 1.29 is 18.3 Å². The van der Waals surface area contributed by atoms with Crippen LogP contribution in [0.3, 0.4) is 0 Å². The van der Waals surface area contributed by atoms with E-state index in [0.717, 1.165) is 9.87 Å². The number of anilines is 1. The largest absolute Gasteiger partial charge is 0.389 e. The van der Waals surface area contributed by atoms with Crippen LogP contribution in [0.5, 0.6) is 0 Å². The molecule has 0 unspecified atom stereocenters. The van der Waals surface area contributed by atoms with Gasteiger partial charge >= 0.3 is 0 Å². The molecule has 8 heteroatoms. The second-order valence-corrected chi connectivity index (χ2v) is 6.84. The predicted molar refractivity (Wildman–Crippen MR) is 96.3 cm³/mol. The van der Waals surface area contributed by atoms with E-state index in [4.69, 9.17) is 15.3 Å². The molecule has 0 atom stereocenters. The zero-order valence-corrected chi connectivity index (χ0v) is 14.7. The van der Waals surface area contributed by atoms with Crippen molar-refractivity contribution in [2.75, 3.05) is 18.0 Å². The van der Waals surface area contributed by atoms with E-state index in [2.05, 4.69) is 10.9 Å². The SMILES string of the molecule is Cc1ccc(S(=O)(=O)N(C)c2ccc(C=C=N)cn2)cc1.O=CCO. The number of rotatable bonds is 5. The Hall–Kier alpha value is -2.80. The molecule has 2 N–H and O–H groups in total. The summed E-state index contributed by atoms with van der Waals surface area (Å²) in [5, 5.41) is 14.4. The molecule has 0 fully saturated rings. The number of carbonyl (C=O) groups is 1. The fourth-order valence-electron chi connectivity index (χ4n) is 1.74. The summed E-state index contributed by atoms with van der Waals surface area (Å²) in [6.07, 6.45) is 3.38. The van der Waals surface area contributed by atoms with Crippen molar-refractivity contribution in [2.45, 2.75) is 11.8 Å². The maximum Gasteiger partial charge on any atom is 0.265 e. The third-order valence-electron chi connectivity index (χ3n) is 3.09. The highest BCUT2D eigenvalue weighted by Gasteiger charge is 2.21. The normalized spacial score (nSPS) is 10.0. The zero-order valence-electron chi connectivity index (χ0n) is 13.9. The number of aromatic nitrogens is 1. The van der Waals surface area contributed by atoms with Gasteiger partial charge in [0.05, 0.1) is 11.5 Å². The highest BCUT2D eigenvalue weighted by Crippen LogP contribution is 2.20. The molecule has 7 nitrogen and oxygen atoms in total. The van der Waals surface area contributed by atoms with Crippen LogP contribution in [0.2, 0.25) is 0 Å². The van der Waals surface area contributed by atoms with Gasteiger partial charge in [0.15, 0.2) is 0 Å². The molecule has 1 aromatic heterocycles. The van der Waals surface area contributed by atoms with Gasteiger partial charge in [0, 0.05) is 24.9 Å². The van der Waals surface area contributed by atoms with Gasteiger partial charge in [-0.25, -0.2) is 13.4 Å². The summed E-state index contributed by atoms with van der Waals surface area (Å²) in [4.78, 5) is 13.2. The van der Waals surface area contributed by atoms with Crippen molar-refractivity contribution in [1.29, 1.82) is 5.41 Å². The number of aryl methyl sites for hydroxylation is 1. The summed E-state index contributed by atoms with van der Waals surface area (Å²) in [5.41, 5.74) is 1.69. The van der Waals surface area contributed by atoms with Crippen LogP contribution in [0.4, 0.5) is 5.82 Å². The highest BCUT2D eigenvalue weighted by atomic mass is 32.2. The number of hydrogen-bond acceptors (Lipinski definition) is 6. The number of nitrogens with one attached hydrogen (secondary N) is 1. The Bertz CT molecular complexity index is 840. The molecule has 25 heavy (non-hydrogen) atoms. The smallest absolute Gasteiger partial charge is 0.265 e. The van der Waals surface area contributed by atoms with E-state index in [-0.39, 0.29) is 11.5 Å². The molecule has 0 aliphatic carbocycles. The second kappa shape index (κ2) is 9.48. The number of sulfonamides is 1. The van der Waals surface area contributed by atoms with Crippen molar-refractivity contribution in [3.63, 3.8) is 0 Å². The van der Waals surface area contributed by atoms with Crippen LogP contribution in [0.25, 0.3) is 6.08 Å². The summed E-state index contributed by atoms with van der Waals surface area (Å²) >= 11 is 0. The Balaban J connectivity index is 0.000000705. The van der Waals surface area contributed by atoms with Crippen molar-refractivity contribution in [1.82, 2.24) is 4.98 Å². The van der Waals surface area contributed by atoms with Crippen LogP contribution < -0.4 is 4.31 Å². The molecule has 0 amide bonds. The summed E-state index contributed by atoms with van der Waals surface area (Å²) in [6, 6.07) is 9.94. The number of carbonyl (C=O) groups excluding carboxylic acids is 1. The van der Waals surface area contributed by atoms with Crippen molar-refractivity contribution in [2.24, 2.45) is 0 Å². The van der Waals surface area contributed by atoms with E-state index in [1.165, 1.54) is 19.3 Å². The molecule has 0 saturated heterocycles. The van der Waals surface area contributed by atoms with Crippen molar-refractivity contribution in [3.8, 4) is 0 Å². The average Bonchev–Trinajstić information content (AvgIpc) is 2.62. The molecule has 0 aliphatic rings. The summed E-state index contributed by atoms with van der Waals surface area (Å²) in [6.45, 7) is 1.54. The summed E-state index contributed by atoms with van der Waals surface area (Å²) < 4.78 is 26.1. The standard InChI is InChI=1S/C15H15N3O2S.C2H4O2/c1-12-3-6-14(7-4-12)21(19,20)18(2)15-8-5-13(9-10-16)11-17-15;3-1-2-4/h3-9,11,16H,1-2H3;1,4H,2H2. The van der Waals surface area contributed by atoms with E-state index >= 15 is 0 Å². The first kappa shape index (κ1) is 20.2. The van der Waals surface area contributed by atoms with Gasteiger partial charge in [0.2, 0.25) is 0 Å². The lowest BCUT2D eigenvalue weighted by Gasteiger charge is -2.18. The van der Waals surface area contributed by atoms with Crippen LogP contribution in [-0.2, 0) is 14.8 Å². The molecule has 0 bridgehead atoms. The first-order valence-corrected chi connectivity index (χ1v) is 8.62. The molecule has 0 aliphatic heterocycles. The van der Waals surface area contributed by atoms with Gasteiger partial charge in [-0.05, 0) is 37.1 Å². The monoisotopic (exact) mass is 361 g/mol. The van der Waals surface area contributed by atoms with Crippen LogP contribution in [0.1, 0.15) is 11.1 Å². The van der Waals surface area contributed by atoms with E-state index in [1.54, 1.807) is 36.4 Å². The van der Waals surface area contributed by atoms with Gasteiger partial charge in [-0.2, -0.15) is 0 Å². The van der Waals surface area contributed by atoms with E-state index in [1.807, 2.05) is 6.92 Å². The van der Waals surface area contributed by atoms with E-state index < -0.39 is 10.0 Å². The van der Waals surface area contributed by atoms with Gasteiger partial charge in [-0.15, -0.1) is 0 Å². The lowest BCUT2D eigenvalue weighted by molar-refractivity contribution is -0.110. The maximum atomic E-state index is 12.5. The van der Waals surface area contributed by atoms with Gasteiger partial charge in [-0.3, -0.25) is 9.71 Å². The minimum Gasteiger partial charge on any atom is -0.389 e. The van der Waals surface area contributed by atoms with Crippen LogP contribution >= 0.6 is 0 Å². The lowest BCUT2D eigenvalue weighted by Crippen LogP contribution is -2.27. The van der Waals surface area contributed by atoms with Gasteiger partial charge in [-0.1, -0.05) is 17.7 Å². The summed E-state index contributed by atoms with van der Waals surface area (Å²) in [5.74, 6) is 2.46. The first-order chi connectivity index (χ1) is 11.9. The quantitative estimate of drug-likeness (QED) is 0.621. The Morgan fingerprint density at radius 2 is 1.84 bits per heavy atom. The number of benzene rings is 1. The number of hydrogen-bond donors (Lipinski definition) is 2. The number of aliphatic hydroxyl groups is 1. The number of aldehydes is 1. The summed E-state index contributed by atoms with van der Waals surface area (Å²) in [7, 11) is -2.16. The van der Waals surface area contributed by atoms with Crippen LogP contribution in [-0.4, -0.2) is 44.3 Å². The second-order valence-electron chi connectivity index (χ2n) is 4.87. The molecule has 2 aromatic rings. The van der Waals surface area contributed by atoms with Crippen molar-refractivity contribution >= 4 is 34.1 Å². The van der Waals surface area contributed by atoms with Gasteiger partial charge < -0.3 is 9.90 Å². The maximum absolute atomic E-state index is 12.5. The Kier molecular flexibility index (Phi) is 7.68. The molecule has 1 aromatic carbocycles. The minimum atomic E-state index is -3.63. The van der Waals surface area contributed by atoms with Gasteiger partial charge in [0.25, 0.3) is 10.0 Å². The Labute approximate surface area is 146 Å². The number of aliphatic hydroxyl groups excluding tert-OH is 1. The molecular weight excluding hydrogens is 342 g/mol. The highest BCUT2D eigenvalue weighted by molar-refractivity contribution is 7.92. The molecule has 132 valence electrons. The molecule has 0 spiro atoms. The Morgan fingerprint density at radius 1 is 1.24 bits per heavy atom. The first-order valence-electron chi connectivity index (χ1n) is 7.18. The fourth-order valence-corrected chi connectivity index (χ4v) is 2.89. The predicted octanol–water partition coefficient (Wildman–Crippen LogP) is 1.65. The van der Waals surface area contributed by atoms with Crippen LogP contribution in [0, 0.1) is 12.3 Å². The number of nitrogens with zero attached hydrogens (tertiary/aromatic N) is 2. The van der Waals surface area contributed by atoms with Crippen molar-refractivity contribution in [3.05, 3.63) is 53.7 Å². The minimum absolute atomic E-state index is 0.223. The third-order valence-corrected chi connectivity index (χ3v) is 4.86. The fraction of sp³-hybridized carbons (Fsp3) is 0.176. The topological polar surface area (TPSA) is 111 Å². The lowest BCUT2D eigenvalue weighted by atomic mass is 10.2. The number of pyridine rings is 1. The van der Waals surface area contributed by atoms with Crippen LogP contribution in [0.15, 0.2) is 47.5 Å². The Morgan fingerprint density at radius 3 is 2.28 bits per heavy atom. The molecule has 0 radical (unpaired) electrons. The molecule has 2 rings (SSSR count).